The second-order valence-electron chi connectivity index (χ2n) is 8.71. The highest BCUT2D eigenvalue weighted by Crippen LogP contribution is 2.22. The summed E-state index contributed by atoms with van der Waals surface area (Å²) in [5.41, 5.74) is 0.644. The summed E-state index contributed by atoms with van der Waals surface area (Å²) in [5.74, 6) is -3.91. The SMILES string of the molecule is CC(C)C(NC(=O)Cn1c(-c2ccccc2)ccc(NC(=O)NCc2cccnc2)c1=O)C(=O)C(F)(F)F. The average Bonchev–Trinajstić information content (AvgIpc) is 2.88. The molecule has 0 bridgehead atoms. The zero-order chi connectivity index (χ0) is 27.9. The van der Waals surface area contributed by atoms with Gasteiger partial charge in [-0.15, -0.1) is 0 Å². The van der Waals surface area contributed by atoms with Crippen molar-refractivity contribution in [2.24, 2.45) is 5.92 Å². The molecule has 0 aliphatic carbocycles. The van der Waals surface area contributed by atoms with Gasteiger partial charge < -0.3 is 16.0 Å². The van der Waals surface area contributed by atoms with Crippen LogP contribution in [0.5, 0.6) is 0 Å². The molecule has 2 heterocycles. The third kappa shape index (κ3) is 7.28. The normalized spacial score (nSPS) is 12.1. The summed E-state index contributed by atoms with van der Waals surface area (Å²) in [6.45, 7) is 2.18. The molecular formula is C26H26F3N5O4. The lowest BCUT2D eigenvalue weighted by Crippen LogP contribution is -2.51. The van der Waals surface area contributed by atoms with E-state index in [1.54, 1.807) is 54.9 Å². The van der Waals surface area contributed by atoms with E-state index in [9.17, 15) is 32.3 Å². The highest BCUT2D eigenvalue weighted by Gasteiger charge is 2.45. The minimum absolute atomic E-state index is 0.141. The molecule has 0 spiro atoms. The Hall–Kier alpha value is -4.48. The molecule has 3 N–H and O–H groups in total. The van der Waals surface area contributed by atoms with Crippen LogP contribution in [0.15, 0.2) is 71.8 Å². The van der Waals surface area contributed by atoms with E-state index < -0.39 is 48.0 Å². The van der Waals surface area contributed by atoms with Crippen LogP contribution in [0.1, 0.15) is 19.4 Å². The lowest BCUT2D eigenvalue weighted by atomic mass is 9.99. The molecule has 0 fully saturated rings. The first-order valence-electron chi connectivity index (χ1n) is 11.6. The number of hydrogen-bond acceptors (Lipinski definition) is 5. The summed E-state index contributed by atoms with van der Waals surface area (Å²) in [5, 5.41) is 7.12. The molecule has 3 rings (SSSR count). The molecule has 38 heavy (non-hydrogen) atoms. The van der Waals surface area contributed by atoms with Crippen molar-refractivity contribution in [1.82, 2.24) is 20.2 Å². The van der Waals surface area contributed by atoms with Crippen molar-refractivity contribution >= 4 is 23.4 Å². The fourth-order valence-corrected chi connectivity index (χ4v) is 3.62. The maximum Gasteiger partial charge on any atom is 0.452 e. The number of alkyl halides is 3. The predicted molar refractivity (Wildman–Crippen MR) is 134 cm³/mol. The average molecular weight is 530 g/mol. The summed E-state index contributed by atoms with van der Waals surface area (Å²) < 4.78 is 40.1. The van der Waals surface area contributed by atoms with E-state index in [0.29, 0.717) is 5.56 Å². The van der Waals surface area contributed by atoms with Crippen molar-refractivity contribution in [3.63, 3.8) is 0 Å². The Morgan fingerprint density at radius 1 is 1.00 bits per heavy atom. The van der Waals surface area contributed by atoms with E-state index in [1.165, 1.54) is 26.0 Å². The molecule has 3 amide bonds. The molecule has 0 saturated carbocycles. The first kappa shape index (κ1) is 28.1. The quantitative estimate of drug-likeness (QED) is 0.392. The molecule has 0 aliphatic rings. The van der Waals surface area contributed by atoms with E-state index in [4.69, 9.17) is 0 Å². The summed E-state index contributed by atoms with van der Waals surface area (Å²) in [7, 11) is 0. The maximum absolute atomic E-state index is 13.3. The molecule has 0 aliphatic heterocycles. The van der Waals surface area contributed by atoms with Crippen LogP contribution in [0.3, 0.4) is 0 Å². The number of rotatable bonds is 9. The van der Waals surface area contributed by atoms with Gasteiger partial charge >= 0.3 is 12.2 Å². The van der Waals surface area contributed by atoms with Crippen molar-refractivity contribution in [3.05, 3.63) is 82.9 Å². The Morgan fingerprint density at radius 2 is 1.71 bits per heavy atom. The molecule has 0 saturated heterocycles. The number of nitrogens with zero attached hydrogens (tertiary/aromatic N) is 2. The number of carbonyl (C=O) groups excluding carboxylic acids is 3. The monoisotopic (exact) mass is 529 g/mol. The highest BCUT2D eigenvalue weighted by atomic mass is 19.4. The summed E-state index contributed by atoms with van der Waals surface area (Å²) in [4.78, 5) is 54.3. The minimum atomic E-state index is -5.14. The molecule has 9 nitrogen and oxygen atoms in total. The number of aromatic nitrogens is 2. The van der Waals surface area contributed by atoms with Crippen molar-refractivity contribution < 1.29 is 27.6 Å². The van der Waals surface area contributed by atoms with Gasteiger partial charge in [-0.3, -0.25) is 23.9 Å². The lowest BCUT2D eigenvalue weighted by Gasteiger charge is -2.23. The zero-order valence-electron chi connectivity index (χ0n) is 20.6. The van der Waals surface area contributed by atoms with E-state index in [0.717, 1.165) is 10.1 Å². The van der Waals surface area contributed by atoms with Gasteiger partial charge in [0.15, 0.2) is 0 Å². The van der Waals surface area contributed by atoms with Crippen LogP contribution in [-0.4, -0.2) is 39.5 Å². The largest absolute Gasteiger partial charge is 0.452 e. The number of anilines is 1. The van der Waals surface area contributed by atoms with Crippen LogP contribution < -0.4 is 21.5 Å². The molecule has 200 valence electrons. The highest BCUT2D eigenvalue weighted by molar-refractivity contribution is 5.93. The number of hydrogen-bond donors (Lipinski definition) is 3. The van der Waals surface area contributed by atoms with E-state index in [2.05, 4.69) is 20.9 Å². The Balaban J connectivity index is 1.87. The smallest absolute Gasteiger partial charge is 0.344 e. The topological polar surface area (TPSA) is 122 Å². The van der Waals surface area contributed by atoms with Crippen molar-refractivity contribution in [1.29, 1.82) is 0 Å². The lowest BCUT2D eigenvalue weighted by molar-refractivity contribution is -0.174. The fourth-order valence-electron chi connectivity index (χ4n) is 3.62. The summed E-state index contributed by atoms with van der Waals surface area (Å²) in [6.07, 6.45) is -1.99. The predicted octanol–water partition coefficient (Wildman–Crippen LogP) is 3.50. The van der Waals surface area contributed by atoms with Crippen LogP contribution in [0.25, 0.3) is 11.3 Å². The number of ketones is 1. The van der Waals surface area contributed by atoms with Crippen molar-refractivity contribution in [2.75, 3.05) is 5.32 Å². The minimum Gasteiger partial charge on any atom is -0.344 e. The molecular weight excluding hydrogens is 503 g/mol. The van der Waals surface area contributed by atoms with Crippen LogP contribution >= 0.6 is 0 Å². The fraction of sp³-hybridized carbons (Fsp3) is 0.269. The molecule has 1 atom stereocenters. The van der Waals surface area contributed by atoms with Crippen LogP contribution in [0, 0.1) is 5.92 Å². The Labute approximate surface area is 216 Å². The third-order valence-electron chi connectivity index (χ3n) is 5.51. The van der Waals surface area contributed by atoms with E-state index >= 15 is 0 Å². The van der Waals surface area contributed by atoms with Gasteiger partial charge in [-0.2, -0.15) is 13.2 Å². The number of carbonyl (C=O) groups is 3. The van der Waals surface area contributed by atoms with Gasteiger partial charge in [0.25, 0.3) is 11.3 Å². The van der Waals surface area contributed by atoms with E-state index in [1.807, 2.05) is 0 Å². The first-order chi connectivity index (χ1) is 18.0. The van der Waals surface area contributed by atoms with Gasteiger partial charge in [-0.05, 0) is 35.2 Å². The number of halogens is 3. The van der Waals surface area contributed by atoms with Crippen LogP contribution in [0.4, 0.5) is 23.7 Å². The van der Waals surface area contributed by atoms with Gasteiger partial charge in [0.2, 0.25) is 5.91 Å². The molecule has 3 aromatic rings. The molecule has 12 heteroatoms. The molecule has 1 aromatic carbocycles. The number of pyridine rings is 2. The number of nitrogens with one attached hydrogen (secondary N) is 3. The Kier molecular flexibility index (Phi) is 9.00. The van der Waals surface area contributed by atoms with Crippen LogP contribution in [0.2, 0.25) is 0 Å². The van der Waals surface area contributed by atoms with E-state index in [-0.39, 0.29) is 17.9 Å². The van der Waals surface area contributed by atoms with Gasteiger partial charge in [0.05, 0.1) is 11.7 Å². The molecule has 0 radical (unpaired) electrons. The number of Topliss-reactive ketones (excluding diaryl/α,β-unsaturated/α-hetero) is 1. The maximum atomic E-state index is 13.3. The van der Waals surface area contributed by atoms with Gasteiger partial charge in [-0.1, -0.05) is 50.2 Å². The van der Waals surface area contributed by atoms with Crippen molar-refractivity contribution in [3.8, 4) is 11.3 Å². The third-order valence-corrected chi connectivity index (χ3v) is 5.51. The van der Waals surface area contributed by atoms with Crippen molar-refractivity contribution in [2.45, 2.75) is 39.2 Å². The standard InChI is InChI=1S/C26H26F3N5O4/c1-16(2)22(23(36)26(27,28)29)33-21(35)15-34-20(18-8-4-3-5-9-18)11-10-19(24(34)37)32-25(38)31-14-17-7-6-12-30-13-17/h3-13,16,22H,14-15H2,1-2H3,(H,33,35)(H2,31,32,38). The summed E-state index contributed by atoms with van der Waals surface area (Å²) in [6, 6.07) is 12.3. The van der Waals surface area contributed by atoms with Gasteiger partial charge in [0, 0.05) is 18.9 Å². The van der Waals surface area contributed by atoms with Gasteiger partial charge in [-0.25, -0.2) is 4.79 Å². The number of benzene rings is 1. The Bertz CT molecular complexity index is 1340. The van der Waals surface area contributed by atoms with Crippen LogP contribution in [-0.2, 0) is 22.7 Å². The second kappa shape index (κ2) is 12.2. The zero-order valence-corrected chi connectivity index (χ0v) is 20.6. The first-order valence-corrected chi connectivity index (χ1v) is 11.6. The Morgan fingerprint density at radius 3 is 2.32 bits per heavy atom. The molecule has 1 unspecified atom stereocenters. The number of amides is 3. The molecule has 2 aromatic heterocycles. The van der Waals surface area contributed by atoms with Gasteiger partial charge in [0.1, 0.15) is 12.2 Å². The number of urea groups is 1. The second-order valence-corrected chi connectivity index (χ2v) is 8.71. The summed E-state index contributed by atoms with van der Waals surface area (Å²) >= 11 is 0.